The van der Waals surface area contributed by atoms with Crippen molar-refractivity contribution in [3.05, 3.63) is 36.2 Å². The number of nitrogens with zero attached hydrogens (tertiary/aromatic N) is 1. The van der Waals surface area contributed by atoms with Gasteiger partial charge in [-0.15, -0.1) is 0 Å². The van der Waals surface area contributed by atoms with E-state index in [1.54, 1.807) is 12.4 Å². The fourth-order valence-corrected chi connectivity index (χ4v) is 1.03. The molecule has 0 radical (unpaired) electrons. The van der Waals surface area contributed by atoms with Crippen LogP contribution in [-0.2, 0) is 0 Å². The van der Waals surface area contributed by atoms with Crippen LogP contribution in [0.1, 0.15) is 26.3 Å². The van der Waals surface area contributed by atoms with E-state index in [2.05, 4.69) is 43.2 Å². The summed E-state index contributed by atoms with van der Waals surface area (Å²) < 4.78 is 0. The van der Waals surface area contributed by atoms with Crippen LogP contribution in [0.4, 0.5) is 0 Å². The number of aromatic nitrogens is 1. The number of hydrogen-bond acceptors (Lipinski definition) is 2. The Morgan fingerprint density at radius 1 is 1.29 bits per heavy atom. The van der Waals surface area contributed by atoms with E-state index in [1.807, 2.05) is 12.1 Å². The Bertz CT molecular complexity index is 283. The summed E-state index contributed by atoms with van der Waals surface area (Å²) in [5.74, 6) is 0. The van der Waals surface area contributed by atoms with Gasteiger partial charge in [0.1, 0.15) is 0 Å². The first-order chi connectivity index (χ1) is 6.58. The Balaban J connectivity index is 2.35. The van der Waals surface area contributed by atoms with Crippen molar-refractivity contribution in [2.45, 2.75) is 26.3 Å². The minimum Gasteiger partial charge on any atom is -0.309 e. The number of hydrogen-bond donors (Lipinski definition) is 1. The average Bonchev–Trinajstić information content (AvgIpc) is 2.13. The van der Waals surface area contributed by atoms with Gasteiger partial charge in [0.25, 0.3) is 0 Å². The van der Waals surface area contributed by atoms with Crippen molar-refractivity contribution in [2.75, 3.05) is 6.54 Å². The molecule has 0 aliphatic rings. The predicted molar refractivity (Wildman–Crippen MR) is 61.0 cm³/mol. The van der Waals surface area contributed by atoms with Gasteiger partial charge in [0.15, 0.2) is 0 Å². The lowest BCUT2D eigenvalue weighted by atomic mass is 10.1. The summed E-state index contributed by atoms with van der Waals surface area (Å²) in [6.45, 7) is 7.37. The summed E-state index contributed by atoms with van der Waals surface area (Å²) >= 11 is 0. The lowest BCUT2D eigenvalue weighted by Gasteiger charge is -2.18. The first kappa shape index (κ1) is 10.9. The molecule has 0 unspecified atom stereocenters. The third kappa shape index (κ3) is 4.77. The van der Waals surface area contributed by atoms with Gasteiger partial charge in [0.2, 0.25) is 0 Å². The lowest BCUT2D eigenvalue weighted by Crippen LogP contribution is -2.35. The molecule has 0 aliphatic carbocycles. The molecule has 2 nitrogen and oxygen atoms in total. The second-order valence-corrected chi connectivity index (χ2v) is 4.31. The van der Waals surface area contributed by atoms with Crippen LogP contribution >= 0.6 is 0 Å². The molecule has 1 heterocycles. The van der Waals surface area contributed by atoms with E-state index >= 15 is 0 Å². The molecule has 1 N–H and O–H groups in total. The molecule has 0 amide bonds. The molecular weight excluding hydrogens is 172 g/mol. The van der Waals surface area contributed by atoms with Gasteiger partial charge < -0.3 is 5.32 Å². The van der Waals surface area contributed by atoms with Crippen LogP contribution in [0.5, 0.6) is 0 Å². The van der Waals surface area contributed by atoms with Crippen LogP contribution in [-0.4, -0.2) is 17.1 Å². The van der Waals surface area contributed by atoms with Crippen molar-refractivity contribution in [1.29, 1.82) is 0 Å². The summed E-state index contributed by atoms with van der Waals surface area (Å²) in [7, 11) is 0. The maximum Gasteiger partial charge on any atom is 0.0273 e. The standard InChI is InChI=1S/C12H18N2/c1-12(2,3)14-8-4-5-11-6-9-13-10-7-11/h4-7,9-10,14H,8H2,1-3H3. The number of pyridine rings is 1. The second kappa shape index (κ2) is 4.91. The van der Waals surface area contributed by atoms with Crippen LogP contribution in [0.25, 0.3) is 6.08 Å². The maximum absolute atomic E-state index is 3.96. The van der Waals surface area contributed by atoms with Crippen molar-refractivity contribution in [2.24, 2.45) is 0 Å². The first-order valence-electron chi connectivity index (χ1n) is 4.89. The first-order valence-corrected chi connectivity index (χ1v) is 4.89. The Hall–Kier alpha value is -1.15. The fourth-order valence-electron chi connectivity index (χ4n) is 1.03. The van der Waals surface area contributed by atoms with Gasteiger partial charge >= 0.3 is 0 Å². The number of rotatable bonds is 3. The third-order valence-electron chi connectivity index (χ3n) is 1.77. The third-order valence-corrected chi connectivity index (χ3v) is 1.77. The van der Waals surface area contributed by atoms with Crippen molar-refractivity contribution in [1.82, 2.24) is 10.3 Å². The van der Waals surface area contributed by atoms with E-state index < -0.39 is 0 Å². The Labute approximate surface area is 86.1 Å². The molecule has 0 atom stereocenters. The lowest BCUT2D eigenvalue weighted by molar-refractivity contribution is 0.450. The smallest absolute Gasteiger partial charge is 0.0273 e. The molecule has 0 saturated heterocycles. The van der Waals surface area contributed by atoms with Crippen LogP contribution in [0.15, 0.2) is 30.6 Å². The normalized spacial score (nSPS) is 12.2. The summed E-state index contributed by atoms with van der Waals surface area (Å²) in [6.07, 6.45) is 7.83. The fraction of sp³-hybridized carbons (Fsp3) is 0.417. The van der Waals surface area contributed by atoms with Crippen LogP contribution in [0, 0.1) is 0 Å². The zero-order valence-electron chi connectivity index (χ0n) is 9.12. The highest BCUT2D eigenvalue weighted by Gasteiger charge is 2.05. The minimum absolute atomic E-state index is 0.183. The Morgan fingerprint density at radius 3 is 2.50 bits per heavy atom. The Morgan fingerprint density at radius 2 is 1.93 bits per heavy atom. The summed E-state index contributed by atoms with van der Waals surface area (Å²) in [6, 6.07) is 3.99. The molecule has 2 heteroatoms. The van der Waals surface area contributed by atoms with Gasteiger partial charge in [-0.05, 0) is 38.5 Å². The molecule has 1 aromatic rings. The van der Waals surface area contributed by atoms with E-state index in [4.69, 9.17) is 0 Å². The van der Waals surface area contributed by atoms with Crippen LogP contribution in [0.3, 0.4) is 0 Å². The molecule has 0 aromatic carbocycles. The molecule has 14 heavy (non-hydrogen) atoms. The highest BCUT2D eigenvalue weighted by atomic mass is 14.9. The van der Waals surface area contributed by atoms with E-state index in [-0.39, 0.29) is 5.54 Å². The summed E-state index contributed by atoms with van der Waals surface area (Å²) in [4.78, 5) is 3.96. The minimum atomic E-state index is 0.183. The molecule has 0 saturated carbocycles. The molecule has 1 aromatic heterocycles. The van der Waals surface area contributed by atoms with Crippen molar-refractivity contribution >= 4 is 6.08 Å². The second-order valence-electron chi connectivity index (χ2n) is 4.31. The number of nitrogens with one attached hydrogen (secondary N) is 1. The molecule has 0 fully saturated rings. The SMILES string of the molecule is CC(C)(C)NCC=Cc1ccncc1. The van der Waals surface area contributed by atoms with Crippen LogP contribution < -0.4 is 5.32 Å². The molecule has 0 aliphatic heterocycles. The predicted octanol–water partition coefficient (Wildman–Crippen LogP) is 2.48. The van der Waals surface area contributed by atoms with Gasteiger partial charge in [-0.1, -0.05) is 12.2 Å². The van der Waals surface area contributed by atoms with Gasteiger partial charge in [0.05, 0.1) is 0 Å². The van der Waals surface area contributed by atoms with Gasteiger partial charge in [-0.2, -0.15) is 0 Å². The van der Waals surface area contributed by atoms with E-state index in [0.717, 1.165) is 6.54 Å². The van der Waals surface area contributed by atoms with Crippen molar-refractivity contribution in [3.8, 4) is 0 Å². The zero-order chi connectivity index (χ0) is 10.4. The monoisotopic (exact) mass is 190 g/mol. The highest BCUT2D eigenvalue weighted by Crippen LogP contribution is 2.00. The van der Waals surface area contributed by atoms with E-state index in [9.17, 15) is 0 Å². The van der Waals surface area contributed by atoms with E-state index in [1.165, 1.54) is 5.56 Å². The van der Waals surface area contributed by atoms with Crippen molar-refractivity contribution < 1.29 is 0 Å². The maximum atomic E-state index is 3.96. The summed E-state index contributed by atoms with van der Waals surface area (Å²) in [5, 5.41) is 3.39. The van der Waals surface area contributed by atoms with Gasteiger partial charge in [0, 0.05) is 24.5 Å². The highest BCUT2D eigenvalue weighted by molar-refractivity contribution is 5.47. The molecule has 1 rings (SSSR count). The molecule has 0 spiro atoms. The molecule has 76 valence electrons. The zero-order valence-corrected chi connectivity index (χ0v) is 9.12. The van der Waals surface area contributed by atoms with Crippen LogP contribution in [0.2, 0.25) is 0 Å². The Kier molecular flexibility index (Phi) is 3.84. The summed E-state index contributed by atoms with van der Waals surface area (Å²) in [5.41, 5.74) is 1.37. The average molecular weight is 190 g/mol. The van der Waals surface area contributed by atoms with Crippen molar-refractivity contribution in [3.63, 3.8) is 0 Å². The quantitative estimate of drug-likeness (QED) is 0.792. The molecular formula is C12H18N2. The largest absolute Gasteiger partial charge is 0.309 e. The van der Waals surface area contributed by atoms with Gasteiger partial charge in [-0.3, -0.25) is 4.98 Å². The molecule has 0 bridgehead atoms. The van der Waals surface area contributed by atoms with E-state index in [0.29, 0.717) is 0 Å². The van der Waals surface area contributed by atoms with Gasteiger partial charge in [-0.25, -0.2) is 0 Å². The topological polar surface area (TPSA) is 24.9 Å².